The second kappa shape index (κ2) is 8.43. The number of hydrogen-bond acceptors (Lipinski definition) is 3. The van der Waals surface area contributed by atoms with Crippen molar-refractivity contribution in [2.75, 3.05) is 6.61 Å². The third-order valence-corrected chi connectivity index (χ3v) is 3.69. The first-order valence-corrected chi connectivity index (χ1v) is 7.51. The van der Waals surface area contributed by atoms with Crippen LogP contribution < -0.4 is 5.32 Å². The van der Waals surface area contributed by atoms with E-state index in [1.54, 1.807) is 0 Å². The van der Waals surface area contributed by atoms with Crippen molar-refractivity contribution >= 4 is 5.91 Å². The quantitative estimate of drug-likeness (QED) is 0.772. The molecule has 1 aromatic rings. The van der Waals surface area contributed by atoms with Gasteiger partial charge < -0.3 is 10.4 Å². The Morgan fingerprint density at radius 2 is 1.86 bits per heavy atom. The molecule has 0 aliphatic rings. The minimum Gasteiger partial charge on any atom is -0.394 e. The smallest absolute Gasteiger partial charge is 0.241 e. The van der Waals surface area contributed by atoms with Gasteiger partial charge in [0.05, 0.1) is 18.7 Å². The normalized spacial score (nSPS) is 12.5. The first-order chi connectivity index (χ1) is 10.1. The number of aliphatic hydroxyl groups is 1. The van der Waals surface area contributed by atoms with Gasteiger partial charge in [-0.05, 0) is 18.4 Å². The van der Waals surface area contributed by atoms with E-state index in [-0.39, 0.29) is 12.5 Å². The second-order valence-corrected chi connectivity index (χ2v) is 5.31. The van der Waals surface area contributed by atoms with E-state index in [0.717, 1.165) is 18.4 Å². The van der Waals surface area contributed by atoms with Gasteiger partial charge in [-0.15, -0.1) is 0 Å². The SMILES string of the molecule is CCCC(C#N)(CCC)C(=O)N[C@H](CO)c1ccccc1. The molecule has 0 fully saturated rings. The van der Waals surface area contributed by atoms with Crippen LogP contribution in [0.25, 0.3) is 0 Å². The van der Waals surface area contributed by atoms with E-state index in [1.165, 1.54) is 0 Å². The molecule has 0 radical (unpaired) electrons. The minimum absolute atomic E-state index is 0.185. The number of nitrogens with zero attached hydrogens (tertiary/aromatic N) is 1. The van der Waals surface area contributed by atoms with E-state index in [2.05, 4.69) is 11.4 Å². The summed E-state index contributed by atoms with van der Waals surface area (Å²) in [5.74, 6) is -0.281. The van der Waals surface area contributed by atoms with Gasteiger partial charge in [-0.2, -0.15) is 5.26 Å². The molecule has 4 nitrogen and oxygen atoms in total. The summed E-state index contributed by atoms with van der Waals surface area (Å²) in [5.41, 5.74) is -0.153. The predicted molar refractivity (Wildman–Crippen MR) is 82.3 cm³/mol. The van der Waals surface area contributed by atoms with Crippen molar-refractivity contribution in [2.45, 2.75) is 45.6 Å². The first-order valence-electron chi connectivity index (χ1n) is 7.51. The number of rotatable bonds is 8. The van der Waals surface area contributed by atoms with E-state index in [0.29, 0.717) is 12.8 Å². The number of carbonyl (C=O) groups excluding carboxylic acids is 1. The van der Waals surface area contributed by atoms with Gasteiger partial charge >= 0.3 is 0 Å². The lowest BCUT2D eigenvalue weighted by Gasteiger charge is -2.27. The summed E-state index contributed by atoms with van der Waals surface area (Å²) in [6, 6.07) is 11.0. The Kier molecular flexibility index (Phi) is 6.90. The Bertz CT molecular complexity index is 473. The molecule has 21 heavy (non-hydrogen) atoms. The highest BCUT2D eigenvalue weighted by molar-refractivity contribution is 5.85. The summed E-state index contributed by atoms with van der Waals surface area (Å²) < 4.78 is 0. The summed E-state index contributed by atoms with van der Waals surface area (Å²) in [6.45, 7) is 3.75. The second-order valence-electron chi connectivity index (χ2n) is 5.31. The van der Waals surface area contributed by atoms with Crippen molar-refractivity contribution in [1.82, 2.24) is 5.32 Å². The van der Waals surface area contributed by atoms with E-state index >= 15 is 0 Å². The lowest BCUT2D eigenvalue weighted by molar-refractivity contribution is -0.130. The summed E-state index contributed by atoms with van der Waals surface area (Å²) in [5, 5.41) is 21.9. The summed E-state index contributed by atoms with van der Waals surface area (Å²) in [6.07, 6.45) is 2.62. The van der Waals surface area contributed by atoms with Crippen molar-refractivity contribution < 1.29 is 9.90 Å². The number of hydrogen-bond donors (Lipinski definition) is 2. The van der Waals surface area contributed by atoms with Gasteiger partial charge in [0.2, 0.25) is 5.91 Å². The molecule has 0 bridgehead atoms. The van der Waals surface area contributed by atoms with Gasteiger partial charge in [0, 0.05) is 0 Å². The van der Waals surface area contributed by atoms with Crippen molar-refractivity contribution in [3.05, 3.63) is 35.9 Å². The summed E-state index contributed by atoms with van der Waals surface area (Å²) in [7, 11) is 0. The average Bonchev–Trinajstić information content (AvgIpc) is 2.52. The van der Waals surface area contributed by atoms with E-state index in [9.17, 15) is 15.2 Å². The van der Waals surface area contributed by atoms with Gasteiger partial charge in [0.15, 0.2) is 0 Å². The fourth-order valence-electron chi connectivity index (χ4n) is 2.58. The van der Waals surface area contributed by atoms with Crippen molar-refractivity contribution in [1.29, 1.82) is 5.26 Å². The standard InChI is InChI=1S/C17H24N2O2/c1-3-10-17(13-18,11-4-2)16(21)19-15(12-20)14-8-6-5-7-9-14/h5-9,15,20H,3-4,10-12H2,1-2H3,(H,19,21)/t15-/m1/s1. The van der Waals surface area contributed by atoms with E-state index < -0.39 is 11.5 Å². The molecule has 0 aliphatic heterocycles. The van der Waals surface area contributed by atoms with Gasteiger partial charge in [0.25, 0.3) is 0 Å². The molecular formula is C17H24N2O2. The van der Waals surface area contributed by atoms with Gasteiger partial charge in [-0.25, -0.2) is 0 Å². The van der Waals surface area contributed by atoms with Crippen LogP contribution in [0, 0.1) is 16.7 Å². The zero-order valence-electron chi connectivity index (χ0n) is 12.8. The lowest BCUT2D eigenvalue weighted by atomic mass is 9.79. The Morgan fingerprint density at radius 3 is 2.29 bits per heavy atom. The molecule has 0 aromatic heterocycles. The van der Waals surface area contributed by atoms with E-state index in [1.807, 2.05) is 44.2 Å². The molecule has 1 aromatic carbocycles. The van der Waals surface area contributed by atoms with Crippen LogP contribution in [0.1, 0.15) is 51.1 Å². The number of nitriles is 1. The van der Waals surface area contributed by atoms with Crippen molar-refractivity contribution in [3.8, 4) is 6.07 Å². The molecule has 2 N–H and O–H groups in total. The Balaban J connectivity index is 2.92. The lowest BCUT2D eigenvalue weighted by Crippen LogP contribution is -2.42. The molecule has 0 aliphatic carbocycles. The Morgan fingerprint density at radius 1 is 1.29 bits per heavy atom. The maximum absolute atomic E-state index is 12.6. The Labute approximate surface area is 126 Å². The molecule has 1 atom stereocenters. The molecule has 4 heteroatoms. The maximum Gasteiger partial charge on any atom is 0.241 e. The van der Waals surface area contributed by atoms with Crippen LogP contribution in [0.15, 0.2) is 30.3 Å². The molecular weight excluding hydrogens is 264 g/mol. The fraction of sp³-hybridized carbons (Fsp3) is 0.529. The van der Waals surface area contributed by atoms with E-state index in [4.69, 9.17) is 0 Å². The third kappa shape index (κ3) is 4.30. The van der Waals surface area contributed by atoms with Gasteiger partial charge in [-0.3, -0.25) is 4.79 Å². The zero-order valence-corrected chi connectivity index (χ0v) is 12.8. The highest BCUT2D eigenvalue weighted by Gasteiger charge is 2.37. The monoisotopic (exact) mass is 288 g/mol. The minimum atomic E-state index is -0.994. The topological polar surface area (TPSA) is 73.1 Å². The van der Waals surface area contributed by atoms with Crippen LogP contribution in [0.2, 0.25) is 0 Å². The van der Waals surface area contributed by atoms with Crippen LogP contribution in [-0.4, -0.2) is 17.6 Å². The molecule has 1 amide bonds. The highest BCUT2D eigenvalue weighted by Crippen LogP contribution is 2.30. The molecule has 1 rings (SSSR count). The summed E-state index contributed by atoms with van der Waals surface area (Å²) >= 11 is 0. The van der Waals surface area contributed by atoms with Crippen LogP contribution in [0.4, 0.5) is 0 Å². The largest absolute Gasteiger partial charge is 0.394 e. The number of carbonyl (C=O) groups is 1. The van der Waals surface area contributed by atoms with Crippen LogP contribution in [0.3, 0.4) is 0 Å². The van der Waals surface area contributed by atoms with Gasteiger partial charge in [0.1, 0.15) is 5.41 Å². The zero-order chi connectivity index (χ0) is 15.7. The number of nitrogens with one attached hydrogen (secondary N) is 1. The van der Waals surface area contributed by atoms with Crippen molar-refractivity contribution in [3.63, 3.8) is 0 Å². The van der Waals surface area contributed by atoms with Crippen LogP contribution in [-0.2, 0) is 4.79 Å². The molecule has 0 unspecified atom stereocenters. The number of aliphatic hydroxyl groups excluding tert-OH is 1. The molecule has 0 spiro atoms. The van der Waals surface area contributed by atoms with Crippen LogP contribution >= 0.6 is 0 Å². The molecule has 0 saturated heterocycles. The fourth-order valence-corrected chi connectivity index (χ4v) is 2.58. The molecule has 0 saturated carbocycles. The number of benzene rings is 1. The first kappa shape index (κ1) is 17.2. The molecule has 114 valence electrons. The predicted octanol–water partition coefficient (Wildman–Crippen LogP) is 2.95. The maximum atomic E-state index is 12.6. The number of amides is 1. The van der Waals surface area contributed by atoms with Crippen molar-refractivity contribution in [2.24, 2.45) is 5.41 Å². The van der Waals surface area contributed by atoms with Crippen LogP contribution in [0.5, 0.6) is 0 Å². The van der Waals surface area contributed by atoms with Gasteiger partial charge in [-0.1, -0.05) is 57.0 Å². The highest BCUT2D eigenvalue weighted by atomic mass is 16.3. The molecule has 0 heterocycles. The average molecular weight is 288 g/mol. The summed E-state index contributed by atoms with van der Waals surface area (Å²) in [4.78, 5) is 12.6. The Hall–Kier alpha value is -1.86. The third-order valence-electron chi connectivity index (χ3n) is 3.69.